The highest BCUT2D eigenvalue weighted by molar-refractivity contribution is 8.03. The summed E-state index contributed by atoms with van der Waals surface area (Å²) in [7, 11) is 0. The minimum atomic E-state index is -1.11. The Labute approximate surface area is 201 Å². The second kappa shape index (κ2) is 11.6. The number of carboxylic acid groups (broad SMARTS) is 1. The minimum absolute atomic E-state index is 0.0235. The number of aromatic nitrogens is 2. The molecule has 0 aliphatic heterocycles. The van der Waals surface area contributed by atoms with Gasteiger partial charge in [0.25, 0.3) is 5.22 Å². The largest absolute Gasteiger partial charge is 0.490 e. The Hall–Kier alpha value is -3.23. The molecule has 0 amide bonds. The van der Waals surface area contributed by atoms with Crippen molar-refractivity contribution in [2.45, 2.75) is 32.1 Å². The number of aliphatic carboxylic acids is 1. The van der Waals surface area contributed by atoms with Gasteiger partial charge in [-0.05, 0) is 54.9 Å². The van der Waals surface area contributed by atoms with Crippen LogP contribution in [0.5, 0.6) is 11.5 Å². The molecule has 3 rings (SSSR count). The summed E-state index contributed by atoms with van der Waals surface area (Å²) in [6.07, 6.45) is 3.77. The summed E-state index contributed by atoms with van der Waals surface area (Å²) >= 11 is 7.14. The van der Waals surface area contributed by atoms with Crippen LogP contribution in [0, 0.1) is 6.92 Å². The van der Waals surface area contributed by atoms with E-state index in [1.807, 2.05) is 31.2 Å². The number of hydrogen-bond donors (Lipinski definition) is 1. The first-order valence-electron chi connectivity index (χ1n) is 10.1. The van der Waals surface area contributed by atoms with Gasteiger partial charge in [-0.15, -0.1) is 16.8 Å². The summed E-state index contributed by atoms with van der Waals surface area (Å²) in [5.41, 5.74) is 2.27. The zero-order valence-corrected chi connectivity index (χ0v) is 19.8. The van der Waals surface area contributed by atoms with Gasteiger partial charge in [-0.25, -0.2) is 4.79 Å². The predicted molar refractivity (Wildman–Crippen MR) is 128 cm³/mol. The predicted octanol–water partition coefficient (Wildman–Crippen LogP) is 5.96. The van der Waals surface area contributed by atoms with Gasteiger partial charge in [0.05, 0.1) is 6.61 Å². The van der Waals surface area contributed by atoms with Crippen LogP contribution in [0.4, 0.5) is 0 Å². The molecule has 0 atom stereocenters. The van der Waals surface area contributed by atoms with Crippen molar-refractivity contribution >= 4 is 35.4 Å². The lowest BCUT2D eigenvalue weighted by atomic mass is 10.0. The Morgan fingerprint density at radius 1 is 1.24 bits per heavy atom. The number of aryl methyl sites for hydroxylation is 1. The number of halogens is 1. The zero-order chi connectivity index (χ0) is 23.8. The maximum absolute atomic E-state index is 11.8. The van der Waals surface area contributed by atoms with Crippen LogP contribution in [0.1, 0.15) is 29.5 Å². The molecule has 0 bridgehead atoms. The zero-order valence-electron chi connectivity index (χ0n) is 18.2. The van der Waals surface area contributed by atoms with Gasteiger partial charge in [0.15, 0.2) is 11.5 Å². The Kier molecular flexibility index (Phi) is 8.57. The summed E-state index contributed by atoms with van der Waals surface area (Å²) < 4.78 is 17.2. The lowest BCUT2D eigenvalue weighted by Crippen LogP contribution is -2.04. The van der Waals surface area contributed by atoms with Crippen molar-refractivity contribution in [3.63, 3.8) is 0 Å². The number of allylic oxidation sites excluding steroid dienone is 1. The van der Waals surface area contributed by atoms with E-state index in [1.54, 1.807) is 25.1 Å². The fourth-order valence-corrected chi connectivity index (χ4v) is 3.87. The molecule has 0 saturated heterocycles. The van der Waals surface area contributed by atoms with E-state index in [-0.39, 0.29) is 16.7 Å². The van der Waals surface area contributed by atoms with Crippen molar-refractivity contribution < 1.29 is 23.8 Å². The number of hydrogen-bond acceptors (Lipinski definition) is 7. The van der Waals surface area contributed by atoms with E-state index in [0.717, 1.165) is 22.9 Å². The highest BCUT2D eigenvalue weighted by Gasteiger charge is 2.17. The number of ether oxygens (including phenoxy) is 2. The average molecular weight is 487 g/mol. The Morgan fingerprint density at radius 3 is 2.67 bits per heavy atom. The molecule has 1 heterocycles. The van der Waals surface area contributed by atoms with Crippen molar-refractivity contribution in [2.24, 2.45) is 0 Å². The van der Waals surface area contributed by atoms with Crippen molar-refractivity contribution in [2.75, 3.05) is 6.61 Å². The van der Waals surface area contributed by atoms with Crippen molar-refractivity contribution in [3.05, 3.63) is 81.6 Å². The molecular formula is C24H23ClN2O5S. The first-order chi connectivity index (χ1) is 15.9. The molecule has 3 aromatic rings. The quantitative estimate of drug-likeness (QED) is 0.201. The number of benzene rings is 2. The van der Waals surface area contributed by atoms with Crippen LogP contribution in [0.15, 0.2) is 63.6 Å². The third-order valence-corrected chi connectivity index (χ3v) is 5.58. The topological polar surface area (TPSA) is 94.7 Å². The van der Waals surface area contributed by atoms with E-state index in [2.05, 4.69) is 16.8 Å². The van der Waals surface area contributed by atoms with Gasteiger partial charge in [0.1, 0.15) is 11.5 Å². The van der Waals surface area contributed by atoms with E-state index in [0.29, 0.717) is 41.0 Å². The van der Waals surface area contributed by atoms with E-state index in [9.17, 15) is 9.90 Å². The van der Waals surface area contributed by atoms with Crippen LogP contribution in [-0.4, -0.2) is 27.9 Å². The molecule has 0 spiro atoms. The highest BCUT2D eigenvalue weighted by atomic mass is 35.5. The van der Waals surface area contributed by atoms with Gasteiger partial charge < -0.3 is 19.0 Å². The molecule has 172 valence electrons. The van der Waals surface area contributed by atoms with E-state index in [4.69, 9.17) is 25.5 Å². The van der Waals surface area contributed by atoms with Crippen LogP contribution >= 0.6 is 23.4 Å². The molecule has 33 heavy (non-hydrogen) atoms. The first kappa shape index (κ1) is 24.4. The molecular weight excluding hydrogens is 464 g/mol. The standard InChI is InChI=1S/C24H23ClN2O5S/c1-4-8-17-11-16(13-21(23(28)29)33-24-27-26-15(3)32-24)12-20(30-5-2)22(17)31-14-18-9-6-7-10-19(18)25/h4,6-7,9-13H,1,5,8,14H2,2-3H3,(H,28,29)/b21-13+. The smallest absolute Gasteiger partial charge is 0.342 e. The lowest BCUT2D eigenvalue weighted by molar-refractivity contribution is -0.131. The maximum atomic E-state index is 11.8. The van der Waals surface area contributed by atoms with Gasteiger partial charge >= 0.3 is 5.97 Å². The van der Waals surface area contributed by atoms with Gasteiger partial charge in [-0.2, -0.15) is 0 Å². The van der Waals surface area contributed by atoms with Crippen LogP contribution in [0.25, 0.3) is 6.08 Å². The number of nitrogens with zero attached hydrogens (tertiary/aromatic N) is 2. The average Bonchev–Trinajstić information content (AvgIpc) is 3.19. The second-order valence-electron chi connectivity index (χ2n) is 6.82. The third kappa shape index (κ3) is 6.63. The van der Waals surface area contributed by atoms with Crippen LogP contribution in [-0.2, 0) is 17.8 Å². The molecule has 1 N–H and O–H groups in total. The normalized spacial score (nSPS) is 11.3. The minimum Gasteiger partial charge on any atom is -0.490 e. The monoisotopic (exact) mass is 486 g/mol. The van der Waals surface area contributed by atoms with E-state index >= 15 is 0 Å². The lowest BCUT2D eigenvalue weighted by Gasteiger charge is -2.17. The molecule has 0 saturated carbocycles. The molecule has 0 aliphatic rings. The molecule has 0 unspecified atom stereocenters. The van der Waals surface area contributed by atoms with Crippen LogP contribution in [0.2, 0.25) is 5.02 Å². The number of rotatable bonds is 11. The maximum Gasteiger partial charge on any atom is 0.342 e. The fourth-order valence-electron chi connectivity index (χ4n) is 2.97. The summed E-state index contributed by atoms with van der Waals surface area (Å²) in [4.78, 5) is 11.9. The van der Waals surface area contributed by atoms with Gasteiger partial charge in [0.2, 0.25) is 5.89 Å². The summed E-state index contributed by atoms with van der Waals surface area (Å²) in [6.45, 7) is 7.99. The molecule has 9 heteroatoms. The molecule has 7 nitrogen and oxygen atoms in total. The SMILES string of the molecule is C=CCc1cc(/C=C(/Sc2nnc(C)o2)C(=O)O)cc(OCC)c1OCc1ccccc1Cl. The Morgan fingerprint density at radius 2 is 2.03 bits per heavy atom. The van der Waals surface area contributed by atoms with E-state index < -0.39 is 5.97 Å². The molecule has 2 aromatic carbocycles. The van der Waals surface area contributed by atoms with Crippen molar-refractivity contribution in [1.82, 2.24) is 10.2 Å². The third-order valence-electron chi connectivity index (χ3n) is 4.36. The molecule has 1 aromatic heterocycles. The molecule has 0 aliphatic carbocycles. The van der Waals surface area contributed by atoms with Crippen LogP contribution in [0.3, 0.4) is 0 Å². The fraction of sp³-hybridized carbons (Fsp3) is 0.208. The second-order valence-corrected chi connectivity index (χ2v) is 8.22. The van der Waals surface area contributed by atoms with Crippen molar-refractivity contribution in [1.29, 1.82) is 0 Å². The van der Waals surface area contributed by atoms with Gasteiger partial charge in [-0.1, -0.05) is 35.9 Å². The molecule has 0 fully saturated rings. The Balaban J connectivity index is 1.98. The number of thioether (sulfide) groups is 1. The van der Waals surface area contributed by atoms with E-state index in [1.165, 1.54) is 6.08 Å². The molecule has 0 radical (unpaired) electrons. The summed E-state index contributed by atoms with van der Waals surface area (Å²) in [6, 6.07) is 11.0. The van der Waals surface area contributed by atoms with Crippen LogP contribution < -0.4 is 9.47 Å². The van der Waals surface area contributed by atoms with Gasteiger partial charge in [0, 0.05) is 23.1 Å². The summed E-state index contributed by atoms with van der Waals surface area (Å²) in [5, 5.41) is 18.0. The number of carbonyl (C=O) groups is 1. The first-order valence-corrected chi connectivity index (χ1v) is 11.3. The Bertz CT molecular complexity index is 1180. The van der Waals surface area contributed by atoms with Crippen molar-refractivity contribution in [3.8, 4) is 11.5 Å². The van der Waals surface area contributed by atoms with Gasteiger partial charge in [-0.3, -0.25) is 0 Å². The summed E-state index contributed by atoms with van der Waals surface area (Å²) in [5.74, 6) is 0.302. The highest BCUT2D eigenvalue weighted by Crippen LogP contribution is 2.37. The number of carboxylic acids is 1.